The van der Waals surface area contributed by atoms with E-state index in [-0.39, 0.29) is 6.10 Å². The zero-order valence-corrected chi connectivity index (χ0v) is 8.29. The Hall–Kier alpha value is -0.0800. The number of aliphatic hydroxyl groups excluding tert-OH is 1. The third kappa shape index (κ3) is 4.73. The van der Waals surface area contributed by atoms with Crippen molar-refractivity contribution in [1.82, 2.24) is 4.90 Å². The van der Waals surface area contributed by atoms with E-state index in [2.05, 4.69) is 11.9 Å². The van der Waals surface area contributed by atoms with Crippen molar-refractivity contribution in [2.45, 2.75) is 38.7 Å². The highest BCUT2D eigenvalue weighted by Gasteiger charge is 2.20. The van der Waals surface area contributed by atoms with Gasteiger partial charge in [0.15, 0.2) is 0 Å². The van der Waals surface area contributed by atoms with Crippen LogP contribution in [0.15, 0.2) is 0 Å². The van der Waals surface area contributed by atoms with Gasteiger partial charge in [-0.25, -0.2) is 0 Å². The molecule has 1 rings (SSSR count). The lowest BCUT2D eigenvalue weighted by Gasteiger charge is -2.16. The van der Waals surface area contributed by atoms with E-state index in [1.165, 1.54) is 25.8 Å². The second kappa shape index (κ2) is 4.83. The quantitative estimate of drug-likeness (QED) is 0.654. The van der Waals surface area contributed by atoms with Crippen molar-refractivity contribution in [3.05, 3.63) is 0 Å². The van der Waals surface area contributed by atoms with Crippen LogP contribution in [-0.2, 0) is 0 Å². The van der Waals surface area contributed by atoms with Gasteiger partial charge in [-0.1, -0.05) is 12.8 Å². The number of hydrogen-bond acceptors (Lipinski definition) is 2. The minimum Gasteiger partial charge on any atom is -0.393 e. The van der Waals surface area contributed by atoms with E-state index in [0.717, 1.165) is 18.9 Å². The van der Waals surface area contributed by atoms with Crippen LogP contribution < -0.4 is 0 Å². The molecule has 2 nitrogen and oxygen atoms in total. The van der Waals surface area contributed by atoms with Gasteiger partial charge in [0.05, 0.1) is 6.10 Å². The van der Waals surface area contributed by atoms with Crippen LogP contribution in [-0.4, -0.2) is 36.2 Å². The summed E-state index contributed by atoms with van der Waals surface area (Å²) in [6, 6.07) is 0. The molecule has 0 bridgehead atoms. The molecule has 0 spiro atoms. The summed E-state index contributed by atoms with van der Waals surface area (Å²) < 4.78 is 0. The lowest BCUT2D eigenvalue weighted by Crippen LogP contribution is -2.23. The largest absolute Gasteiger partial charge is 0.393 e. The second-order valence-corrected chi connectivity index (χ2v) is 4.17. The van der Waals surface area contributed by atoms with E-state index >= 15 is 0 Å². The minimum absolute atomic E-state index is 0.145. The maximum atomic E-state index is 9.06. The Balaban J connectivity index is 1.91. The molecule has 0 radical (unpaired) electrons. The van der Waals surface area contributed by atoms with E-state index in [9.17, 15) is 0 Å². The van der Waals surface area contributed by atoms with E-state index < -0.39 is 0 Å². The molecule has 0 aliphatic heterocycles. The van der Waals surface area contributed by atoms with Gasteiger partial charge in [-0.2, -0.15) is 0 Å². The fourth-order valence-corrected chi connectivity index (χ4v) is 1.33. The third-order valence-corrected chi connectivity index (χ3v) is 2.54. The molecule has 1 atom stereocenters. The van der Waals surface area contributed by atoms with Gasteiger partial charge in [-0.05, 0) is 39.3 Å². The fourth-order valence-electron chi connectivity index (χ4n) is 1.33. The summed E-state index contributed by atoms with van der Waals surface area (Å²) in [6.45, 7) is 4.09. The molecule has 0 aromatic carbocycles. The van der Waals surface area contributed by atoms with Crippen molar-refractivity contribution in [3.63, 3.8) is 0 Å². The SMILES string of the molecule is CC(O)CCN(C)CCC1CC1. The number of hydrogen-bond donors (Lipinski definition) is 1. The molecule has 1 saturated carbocycles. The fraction of sp³-hybridized carbons (Fsp3) is 1.00. The molecule has 0 aromatic rings. The first kappa shape index (κ1) is 10.0. The monoisotopic (exact) mass is 171 g/mol. The van der Waals surface area contributed by atoms with Crippen LogP contribution in [0.25, 0.3) is 0 Å². The smallest absolute Gasteiger partial charge is 0.0524 e. The average molecular weight is 171 g/mol. The Morgan fingerprint density at radius 2 is 2.08 bits per heavy atom. The van der Waals surface area contributed by atoms with Crippen molar-refractivity contribution in [3.8, 4) is 0 Å². The standard InChI is InChI=1S/C10H21NO/c1-9(12)5-7-11(2)8-6-10-3-4-10/h9-10,12H,3-8H2,1-2H3. The maximum absolute atomic E-state index is 9.06. The van der Waals surface area contributed by atoms with Crippen LogP contribution >= 0.6 is 0 Å². The minimum atomic E-state index is -0.145. The summed E-state index contributed by atoms with van der Waals surface area (Å²) in [7, 11) is 2.14. The summed E-state index contributed by atoms with van der Waals surface area (Å²) in [4.78, 5) is 2.32. The molecule has 1 aliphatic rings. The molecule has 0 saturated heterocycles. The van der Waals surface area contributed by atoms with Crippen molar-refractivity contribution < 1.29 is 5.11 Å². The summed E-state index contributed by atoms with van der Waals surface area (Å²) >= 11 is 0. The molecule has 0 aromatic heterocycles. The zero-order chi connectivity index (χ0) is 8.97. The molecule has 1 aliphatic carbocycles. The summed E-state index contributed by atoms with van der Waals surface area (Å²) in [5.41, 5.74) is 0. The van der Waals surface area contributed by atoms with Gasteiger partial charge in [0, 0.05) is 6.54 Å². The number of nitrogens with zero attached hydrogens (tertiary/aromatic N) is 1. The van der Waals surface area contributed by atoms with E-state index in [1.54, 1.807) is 0 Å². The van der Waals surface area contributed by atoms with Gasteiger partial charge in [-0.15, -0.1) is 0 Å². The maximum Gasteiger partial charge on any atom is 0.0524 e. The molecule has 1 fully saturated rings. The predicted octanol–water partition coefficient (Wildman–Crippen LogP) is 1.49. The Kier molecular flexibility index (Phi) is 4.02. The molecular weight excluding hydrogens is 150 g/mol. The predicted molar refractivity (Wildman–Crippen MR) is 51.1 cm³/mol. The van der Waals surface area contributed by atoms with Gasteiger partial charge in [0.2, 0.25) is 0 Å². The van der Waals surface area contributed by atoms with Gasteiger partial charge in [0.25, 0.3) is 0 Å². The second-order valence-electron chi connectivity index (χ2n) is 4.17. The molecule has 2 heteroatoms. The number of aliphatic hydroxyl groups is 1. The van der Waals surface area contributed by atoms with Crippen molar-refractivity contribution in [2.75, 3.05) is 20.1 Å². The van der Waals surface area contributed by atoms with Crippen LogP contribution in [0.2, 0.25) is 0 Å². The lowest BCUT2D eigenvalue weighted by atomic mass is 10.2. The number of rotatable bonds is 6. The third-order valence-electron chi connectivity index (χ3n) is 2.54. The Morgan fingerprint density at radius 1 is 1.42 bits per heavy atom. The van der Waals surface area contributed by atoms with Gasteiger partial charge >= 0.3 is 0 Å². The Labute approximate surface area is 75.6 Å². The average Bonchev–Trinajstić information content (AvgIpc) is 2.80. The summed E-state index contributed by atoms with van der Waals surface area (Å²) in [5, 5.41) is 9.06. The molecule has 0 amide bonds. The lowest BCUT2D eigenvalue weighted by molar-refractivity contribution is 0.163. The van der Waals surface area contributed by atoms with Crippen LogP contribution in [0.1, 0.15) is 32.6 Å². The van der Waals surface area contributed by atoms with Crippen LogP contribution in [0.4, 0.5) is 0 Å². The molecule has 1 N–H and O–H groups in total. The normalized spacial score (nSPS) is 20.0. The summed E-state index contributed by atoms with van der Waals surface area (Å²) in [5.74, 6) is 1.03. The molecule has 0 heterocycles. The topological polar surface area (TPSA) is 23.5 Å². The van der Waals surface area contributed by atoms with Crippen molar-refractivity contribution in [1.29, 1.82) is 0 Å². The Bertz CT molecular complexity index is 115. The van der Waals surface area contributed by atoms with Crippen LogP contribution in [0, 0.1) is 5.92 Å². The van der Waals surface area contributed by atoms with E-state index in [1.807, 2.05) is 6.92 Å². The first-order valence-electron chi connectivity index (χ1n) is 5.05. The van der Waals surface area contributed by atoms with E-state index in [0.29, 0.717) is 0 Å². The van der Waals surface area contributed by atoms with Crippen molar-refractivity contribution in [2.24, 2.45) is 5.92 Å². The van der Waals surface area contributed by atoms with Gasteiger partial charge in [-0.3, -0.25) is 0 Å². The van der Waals surface area contributed by atoms with Crippen molar-refractivity contribution >= 4 is 0 Å². The highest BCUT2D eigenvalue weighted by Crippen LogP contribution is 2.32. The van der Waals surface area contributed by atoms with Crippen LogP contribution in [0.3, 0.4) is 0 Å². The molecule has 1 unspecified atom stereocenters. The summed E-state index contributed by atoms with van der Waals surface area (Å²) in [6.07, 6.45) is 5.01. The molecular formula is C10H21NO. The first-order valence-corrected chi connectivity index (χ1v) is 5.05. The molecule has 72 valence electrons. The highest BCUT2D eigenvalue weighted by atomic mass is 16.3. The molecule has 12 heavy (non-hydrogen) atoms. The first-order chi connectivity index (χ1) is 5.68. The highest BCUT2D eigenvalue weighted by molar-refractivity contribution is 4.74. The van der Waals surface area contributed by atoms with E-state index in [4.69, 9.17) is 5.11 Å². The zero-order valence-electron chi connectivity index (χ0n) is 8.29. The van der Waals surface area contributed by atoms with Gasteiger partial charge < -0.3 is 10.0 Å². The van der Waals surface area contributed by atoms with Crippen LogP contribution in [0.5, 0.6) is 0 Å². The Morgan fingerprint density at radius 3 is 2.58 bits per heavy atom. The van der Waals surface area contributed by atoms with Gasteiger partial charge in [0.1, 0.15) is 0 Å².